The van der Waals surface area contributed by atoms with Crippen LogP contribution in [-0.4, -0.2) is 280 Å². The van der Waals surface area contributed by atoms with Crippen molar-refractivity contribution in [3.05, 3.63) is 29.8 Å². The first-order valence-electron chi connectivity index (χ1n) is 43.1. The minimum atomic E-state index is -1.95. The Hall–Kier alpha value is -12.3. The van der Waals surface area contributed by atoms with E-state index in [1.54, 1.807) is 69.2 Å². The summed E-state index contributed by atoms with van der Waals surface area (Å²) < 4.78 is 0. The molecule has 1 aromatic carbocycles. The molecule has 0 saturated heterocycles. The molecule has 0 spiro atoms. The highest BCUT2D eigenvalue weighted by Gasteiger charge is 2.40. The van der Waals surface area contributed by atoms with Gasteiger partial charge in [-0.3, -0.25) is 91.7 Å². The van der Waals surface area contributed by atoms with Gasteiger partial charge >= 0.3 is 11.9 Å². The van der Waals surface area contributed by atoms with Gasteiger partial charge in [0.25, 0.3) is 0 Å². The van der Waals surface area contributed by atoms with E-state index in [-0.39, 0.29) is 133 Å². The number of carbonyl (C=O) groups excluding carboxylic acids is 15. The van der Waals surface area contributed by atoms with Gasteiger partial charge in [0.15, 0.2) is 17.9 Å². The Morgan fingerprint density at radius 3 is 1.13 bits per heavy atom. The third kappa shape index (κ3) is 44.8. The zero-order valence-corrected chi connectivity index (χ0v) is 75.9. The number of carboxylic acid groups (broad SMARTS) is 2. The van der Waals surface area contributed by atoms with Crippen LogP contribution < -0.4 is 126 Å². The van der Waals surface area contributed by atoms with E-state index >= 15 is 0 Å². The van der Waals surface area contributed by atoms with Crippen LogP contribution in [0.3, 0.4) is 0 Å². The van der Waals surface area contributed by atoms with Crippen molar-refractivity contribution < 1.29 is 107 Å². The van der Waals surface area contributed by atoms with E-state index in [1.807, 2.05) is 0 Å². The number of unbranched alkanes of at least 4 members (excludes halogenated alkanes) is 1. The Labute approximate surface area is 750 Å². The van der Waals surface area contributed by atoms with Crippen molar-refractivity contribution in [2.24, 2.45) is 90.4 Å². The number of hydrogen-bond acceptors (Lipinski definition) is 25. The molecule has 0 aromatic heterocycles. The van der Waals surface area contributed by atoms with Gasteiger partial charge in [-0.05, 0) is 145 Å². The first kappa shape index (κ1) is 115. The van der Waals surface area contributed by atoms with Crippen molar-refractivity contribution in [3.8, 4) is 5.75 Å². The highest BCUT2D eigenvalue weighted by molar-refractivity contribution is 6.01. The molecule has 18 atom stereocenters. The van der Waals surface area contributed by atoms with Gasteiger partial charge in [0.2, 0.25) is 88.6 Å². The second-order valence-corrected chi connectivity index (χ2v) is 32.9. The van der Waals surface area contributed by atoms with Crippen LogP contribution in [0.2, 0.25) is 0 Å². The maximum Gasteiger partial charge on any atom is 0.326 e. The molecular formula is C81H142N26O22. The number of carbonyl (C=O) groups is 17. The molecule has 0 aliphatic rings. The fourth-order valence-corrected chi connectivity index (χ4v) is 12.6. The number of benzene rings is 1. The van der Waals surface area contributed by atoms with E-state index in [0.29, 0.717) is 18.4 Å². The second-order valence-electron chi connectivity index (χ2n) is 32.9. The largest absolute Gasteiger partial charge is 0.508 e. The summed E-state index contributed by atoms with van der Waals surface area (Å²) in [4.78, 5) is 247. The summed E-state index contributed by atoms with van der Waals surface area (Å²) >= 11 is 0. The molecule has 0 aliphatic heterocycles. The van der Waals surface area contributed by atoms with Crippen molar-refractivity contribution >= 4 is 118 Å². The fraction of sp³-hybridized carbons (Fsp3) is 0.679. The summed E-state index contributed by atoms with van der Waals surface area (Å²) in [6, 6.07) is -17.0. The molecule has 48 nitrogen and oxygen atoms in total. The number of hydrogen-bond donors (Lipinski definition) is 28. The predicted molar refractivity (Wildman–Crippen MR) is 475 cm³/mol. The maximum absolute atomic E-state index is 14.7. The lowest BCUT2D eigenvalue weighted by atomic mass is 9.95. The topological polar surface area (TPSA) is 817 Å². The minimum absolute atomic E-state index is 0.00101. The molecule has 0 fully saturated rings. The summed E-state index contributed by atoms with van der Waals surface area (Å²) in [7, 11) is 0. The molecule has 0 heterocycles. The Morgan fingerprint density at radius 1 is 0.388 bits per heavy atom. The van der Waals surface area contributed by atoms with Crippen molar-refractivity contribution in [3.63, 3.8) is 0 Å². The lowest BCUT2D eigenvalue weighted by molar-refractivity contribution is -0.142. The highest BCUT2D eigenvalue weighted by atomic mass is 16.4. The summed E-state index contributed by atoms with van der Waals surface area (Å²) in [6.45, 7) is 18.4. The number of phenols is 1. The van der Waals surface area contributed by atoms with Crippen molar-refractivity contribution in [2.75, 3.05) is 39.3 Å². The number of amides is 15. The van der Waals surface area contributed by atoms with Gasteiger partial charge in [-0.2, -0.15) is 0 Å². The molecule has 1 aromatic rings. The monoisotopic (exact) mass is 1830 g/mol. The summed E-state index contributed by atoms with van der Waals surface area (Å²) in [6.07, 6.45) is -2.49. The first-order chi connectivity index (χ1) is 60.4. The van der Waals surface area contributed by atoms with Crippen LogP contribution in [0, 0.1) is 29.6 Å². The molecule has 129 heavy (non-hydrogen) atoms. The van der Waals surface area contributed by atoms with Crippen LogP contribution in [0.5, 0.6) is 5.75 Å². The normalized spacial score (nSPS) is 15.3. The average Bonchev–Trinajstić information content (AvgIpc) is 0.831. The molecule has 0 unspecified atom stereocenters. The van der Waals surface area contributed by atoms with Gasteiger partial charge in [0.05, 0.1) is 31.7 Å². The van der Waals surface area contributed by atoms with Gasteiger partial charge in [-0.1, -0.05) is 94.2 Å². The number of aliphatic imine (C=N–C) groups is 3. The van der Waals surface area contributed by atoms with Crippen LogP contribution in [0.4, 0.5) is 0 Å². The van der Waals surface area contributed by atoms with Crippen LogP contribution >= 0.6 is 0 Å². The molecule has 728 valence electrons. The quantitative estimate of drug-likeness (QED) is 0.0164. The van der Waals surface area contributed by atoms with Gasteiger partial charge in [0.1, 0.15) is 90.3 Å². The van der Waals surface area contributed by atoms with Gasteiger partial charge in [-0.25, -0.2) is 4.79 Å². The van der Waals surface area contributed by atoms with Crippen LogP contribution in [0.25, 0.3) is 0 Å². The van der Waals surface area contributed by atoms with E-state index in [4.69, 9.17) is 45.9 Å². The van der Waals surface area contributed by atoms with E-state index in [2.05, 4.69) is 94.7 Å². The number of rotatable bonds is 62. The fourth-order valence-electron chi connectivity index (χ4n) is 12.6. The number of aliphatic hydroxyl groups excluding tert-OH is 2. The molecule has 0 aliphatic carbocycles. The van der Waals surface area contributed by atoms with Crippen LogP contribution in [0.15, 0.2) is 39.2 Å². The van der Waals surface area contributed by atoms with Gasteiger partial charge in [0, 0.05) is 26.1 Å². The smallest absolute Gasteiger partial charge is 0.326 e. The zero-order valence-electron chi connectivity index (χ0n) is 75.9. The number of aliphatic hydroxyl groups is 2. The predicted octanol–water partition coefficient (Wildman–Crippen LogP) is -7.73. The standard InChI is InChI=1S/C81H142N26O22/c1-14-42(9)61(105-69(119)52(24-20-32-92-81(88)89)97-70(120)53(33-39(3)4)100-72(122)55(36-59(112)113)101-71(121)54(34-40(5)6)99-66(116)51(23-19-31-91-80(86)87)98-73(123)57(38-108)103-64(114)44(11)83)74(124)93-37-58(111)95-49(22-18-30-90-79(84)85)68(118)106-62(43(10)15-2)76(126)104-60(41(7)8)75(125)107-63(46(13)109)77(127)94-45(12)65(115)96-50(21-16-17-29-82)67(117)102-56(78(128)129)35-47-25-27-48(110)28-26-47/h25-28,39-46,49-57,60-63,108-110H,14-24,29-38,82-83H2,1-13H3,(H,93,124)(H,94,127)(H,95,111)(H,96,115)(H,97,120)(H,98,123)(H,99,116)(H,100,122)(H,101,121)(H,102,117)(H,103,114)(H,104,126)(H,105,119)(H,106,118)(H,107,125)(H,112,113)(H,128,129)(H4,84,85,90)(H4,86,87,91)(H4,88,89,92)/t42-,43-,44-,45-,46+,49-,50-,51-,52-,53-,54-,55-,56-,57-,60-,61-,62-,63-/m0/s1. The Bertz CT molecular complexity index is 3950. The average molecular weight is 1830 g/mol. The maximum atomic E-state index is 14.7. The summed E-state index contributed by atoms with van der Waals surface area (Å²) in [5.41, 5.74) is 45.0. The van der Waals surface area contributed by atoms with E-state index in [0.717, 1.165) is 6.92 Å². The molecule has 0 radical (unpaired) electrons. The van der Waals surface area contributed by atoms with E-state index in [1.165, 1.54) is 38.1 Å². The zero-order chi connectivity index (χ0) is 98.2. The molecule has 15 amide bonds. The number of nitrogens with two attached hydrogens (primary N) is 8. The number of phenolic OH excluding ortho intramolecular Hbond substituents is 1. The summed E-state index contributed by atoms with van der Waals surface area (Å²) in [5.74, 6) is -21.6. The lowest BCUT2D eigenvalue weighted by Crippen LogP contribution is -2.62. The first-order valence-corrected chi connectivity index (χ1v) is 43.1. The van der Waals surface area contributed by atoms with Crippen molar-refractivity contribution in [1.82, 2.24) is 79.8 Å². The van der Waals surface area contributed by atoms with Crippen molar-refractivity contribution in [1.29, 1.82) is 0 Å². The highest BCUT2D eigenvalue weighted by Crippen LogP contribution is 2.18. The SMILES string of the molecule is CC[C@H](C)[C@H](NC(=O)[C@H](CCCN=C(N)N)NC(=O)[C@H](CC(C)C)NC(=O)[C@H](CC(=O)O)NC(=O)[C@H](CC(C)C)NC(=O)[C@H](CCCN=C(N)N)NC(=O)[C@H](CO)NC(=O)[C@H](C)N)C(=O)NCC(=O)N[C@@H](CCCN=C(N)N)C(=O)N[C@H](C(=O)N[C@H](C(=O)N[C@H](C(=O)N[C@@H](C)C(=O)N[C@@H](CCCCN)C(=O)N[C@@H](Cc1ccc(O)cc1)C(=O)O)[C@@H](C)O)C(C)C)[C@@H](C)CC. The minimum Gasteiger partial charge on any atom is -0.508 e. The lowest BCUT2D eigenvalue weighted by Gasteiger charge is -2.31. The van der Waals surface area contributed by atoms with Crippen LogP contribution in [-0.2, 0) is 87.9 Å². The van der Waals surface area contributed by atoms with E-state index in [9.17, 15) is 107 Å². The molecular weight excluding hydrogens is 1690 g/mol. The number of aliphatic carboxylic acids is 2. The number of nitrogens with zero attached hydrogens (tertiary/aromatic N) is 3. The Kier molecular flexibility index (Phi) is 53.0. The number of nitrogens with one attached hydrogen (secondary N) is 15. The molecule has 0 bridgehead atoms. The molecule has 1 rings (SSSR count). The van der Waals surface area contributed by atoms with Gasteiger partial charge in [-0.15, -0.1) is 0 Å². The molecule has 36 N–H and O–H groups in total. The second kappa shape index (κ2) is 59.7. The number of carboxylic acids is 2. The molecule has 0 saturated carbocycles. The number of aromatic hydroxyl groups is 1. The van der Waals surface area contributed by atoms with Gasteiger partial charge < -0.3 is 151 Å². The van der Waals surface area contributed by atoms with Crippen LogP contribution in [0.1, 0.15) is 185 Å². The summed E-state index contributed by atoms with van der Waals surface area (Å²) in [5, 5.41) is 88.1. The van der Waals surface area contributed by atoms with Crippen molar-refractivity contribution in [2.45, 2.75) is 283 Å². The van der Waals surface area contributed by atoms with E-state index < -0.39 is 241 Å². The Balaban J connectivity index is 3.63. The third-order valence-electron chi connectivity index (χ3n) is 20.3. The number of guanidine groups is 3. The Morgan fingerprint density at radius 2 is 0.736 bits per heavy atom. The molecule has 48 heteroatoms. The third-order valence-corrected chi connectivity index (χ3v) is 20.3.